The standard InChI is InChI=1S/C29H41N9O2.C27H33NO4.CH6N4.CH4.ClH/c1-20(35-37-28(30)31)23-16-22(17-24(19-23)21(2)36-38-29(32)33)18-26(39)14-10-5-3-4-6-11-15-27(40)34-25-12-8-7-9-13-25;1-20(29)23-16-22(17-24(19-23)21(2)30)18-26(31)14-10-5-3-4-6-11-15-27(32)28-25-12-8-7-9-13-25;2-1(3)5-4;;/h7-9,12-13,16-17,19H,3-6,10-11,14-15,18H2,1-2H3,(H,34,40)(H4,30,31,37)(H4,32,33,38);7-9,12-13,16-17,19H,3-6,10-11,14-15,18H2,1-2H3,(H,28,32);4H2,(H4,2,3,5);1H4;1H/b35-20-,36-21+;;;;. The van der Waals surface area contributed by atoms with Crippen molar-refractivity contribution < 1.29 is 28.8 Å². The van der Waals surface area contributed by atoms with Gasteiger partial charge in [0.05, 0.1) is 11.4 Å². The van der Waals surface area contributed by atoms with Crippen LogP contribution in [0.25, 0.3) is 0 Å². The molecule has 0 saturated carbocycles. The highest BCUT2D eigenvalue weighted by Gasteiger charge is 2.13. The van der Waals surface area contributed by atoms with Crippen LogP contribution in [0.5, 0.6) is 0 Å². The Balaban J connectivity index is 0.00000141. The fourth-order valence-electron chi connectivity index (χ4n) is 7.55. The molecule has 2 amide bonds. The minimum atomic E-state index is -0.148. The number of unbranched alkanes of at least 4 members (excludes halogenated alkanes) is 10. The van der Waals surface area contributed by atoms with Gasteiger partial charge < -0.3 is 50.9 Å². The second-order valence-electron chi connectivity index (χ2n) is 18.4. The number of hydrazone groups is 1. The predicted molar refractivity (Wildman–Crippen MR) is 324 cm³/mol. The molecule has 430 valence electrons. The lowest BCUT2D eigenvalue weighted by molar-refractivity contribution is -0.119. The summed E-state index contributed by atoms with van der Waals surface area (Å²) in [7, 11) is 0. The smallest absolute Gasteiger partial charge is 0.224 e. The van der Waals surface area contributed by atoms with Crippen LogP contribution < -0.4 is 50.9 Å². The first-order valence-corrected chi connectivity index (χ1v) is 25.8. The minimum absolute atomic E-state index is 0. The maximum atomic E-state index is 12.8. The highest BCUT2D eigenvalue weighted by Crippen LogP contribution is 2.19. The molecule has 0 bridgehead atoms. The third kappa shape index (κ3) is 33.5. The molecular weight excluding hydrogens is 1020 g/mol. The van der Waals surface area contributed by atoms with E-state index >= 15 is 0 Å². The Labute approximate surface area is 472 Å². The number of halogens is 1. The highest BCUT2D eigenvalue weighted by atomic mass is 35.5. The van der Waals surface area contributed by atoms with E-state index in [0.29, 0.717) is 48.2 Å². The van der Waals surface area contributed by atoms with Gasteiger partial charge >= 0.3 is 0 Å². The van der Waals surface area contributed by atoms with Gasteiger partial charge in [0.1, 0.15) is 11.6 Å². The Bertz CT molecular complexity index is 2600. The van der Waals surface area contributed by atoms with Crippen LogP contribution in [-0.2, 0) is 32.0 Å². The fourth-order valence-corrected chi connectivity index (χ4v) is 7.55. The summed E-state index contributed by atoms with van der Waals surface area (Å²) in [6.07, 6.45) is 14.1. The number of nitrogens with zero attached hydrogens (tertiary/aromatic N) is 5. The first kappa shape index (κ1) is 70.7. The summed E-state index contributed by atoms with van der Waals surface area (Å²) < 4.78 is 0. The second kappa shape index (κ2) is 40.9. The van der Waals surface area contributed by atoms with Crippen LogP contribution in [-0.4, -0.2) is 64.2 Å². The summed E-state index contributed by atoms with van der Waals surface area (Å²) in [4.78, 5) is 72.3. The van der Waals surface area contributed by atoms with Crippen LogP contribution in [0.3, 0.4) is 0 Å². The maximum absolute atomic E-state index is 12.8. The zero-order chi connectivity index (χ0) is 57.0. The van der Waals surface area contributed by atoms with Crippen LogP contribution in [0.15, 0.2) is 123 Å². The second-order valence-corrected chi connectivity index (χ2v) is 18.4. The quantitative estimate of drug-likeness (QED) is 0.00590. The number of para-hydroxylation sites is 2. The van der Waals surface area contributed by atoms with Crippen molar-refractivity contribution in [2.24, 2.45) is 65.8 Å². The van der Waals surface area contributed by atoms with Gasteiger partial charge in [-0.1, -0.05) is 95.2 Å². The third-order valence-corrected chi connectivity index (χ3v) is 11.6. The van der Waals surface area contributed by atoms with Crippen molar-refractivity contribution in [3.05, 3.63) is 130 Å². The Morgan fingerprint density at radius 2 is 0.696 bits per heavy atom. The number of carbonyl (C=O) groups is 6. The molecule has 20 nitrogen and oxygen atoms in total. The molecule has 0 aromatic heterocycles. The van der Waals surface area contributed by atoms with Crippen LogP contribution in [0.2, 0.25) is 0 Å². The molecular formula is C58H85ClN14O6. The van der Waals surface area contributed by atoms with E-state index < -0.39 is 0 Å². The monoisotopic (exact) mass is 1110 g/mol. The summed E-state index contributed by atoms with van der Waals surface area (Å²) in [6.45, 7) is 6.46. The van der Waals surface area contributed by atoms with E-state index in [9.17, 15) is 28.8 Å². The lowest BCUT2D eigenvalue weighted by Gasteiger charge is -2.09. The lowest BCUT2D eigenvalue weighted by Crippen LogP contribution is -2.23. The number of Topliss-reactive ketones (excluding diaryl/α,β-unsaturated/α-hetero) is 4. The number of nitrogens with two attached hydrogens (primary N) is 7. The van der Waals surface area contributed by atoms with Gasteiger partial charge in [-0.15, -0.1) is 27.7 Å². The van der Waals surface area contributed by atoms with Crippen LogP contribution >= 0.6 is 12.4 Å². The Morgan fingerprint density at radius 1 is 0.405 bits per heavy atom. The molecule has 79 heavy (non-hydrogen) atoms. The Morgan fingerprint density at radius 3 is 1.00 bits per heavy atom. The predicted octanol–water partition coefficient (Wildman–Crippen LogP) is 8.71. The number of amides is 2. The maximum Gasteiger partial charge on any atom is 0.224 e. The molecule has 0 unspecified atom stereocenters. The molecule has 4 rings (SSSR count). The van der Waals surface area contributed by atoms with E-state index in [1.165, 1.54) is 13.8 Å². The SMILES string of the molecule is C.C/C(=N/N=C(N)N)c1cc(CC(=O)CCCCCCCCC(=O)Nc2ccccc2)cc(/C(C)=N/N=C(N)N)c1.CC(=O)c1cc(CC(=O)CCCCCCCCC(=O)Nc2ccccc2)cc(C(C)=O)c1.Cl.NN=C(N)N. The van der Waals surface area contributed by atoms with Crippen molar-refractivity contribution in [1.82, 2.24) is 0 Å². The summed E-state index contributed by atoms with van der Waals surface area (Å²) >= 11 is 0. The molecule has 0 heterocycles. The molecule has 0 spiro atoms. The summed E-state index contributed by atoms with van der Waals surface area (Å²) in [5.74, 6) is 4.26. The van der Waals surface area contributed by atoms with Crippen molar-refractivity contribution in [2.45, 2.75) is 151 Å². The molecule has 0 aliphatic carbocycles. The number of hydrogen-bond acceptors (Lipinski definition) is 12. The topological polar surface area (TPSA) is 370 Å². The lowest BCUT2D eigenvalue weighted by atomic mass is 9.96. The zero-order valence-corrected chi connectivity index (χ0v) is 46.4. The fraction of sp³-hybridized carbons (Fsp3) is 0.397. The van der Waals surface area contributed by atoms with Gasteiger partial charge in [-0.05, 0) is 136 Å². The van der Waals surface area contributed by atoms with Gasteiger partial charge in [0, 0.05) is 61.0 Å². The van der Waals surface area contributed by atoms with Gasteiger partial charge in [-0.3, -0.25) is 28.8 Å². The molecule has 4 aromatic rings. The average Bonchev–Trinajstić information content (AvgIpc) is 3.39. The van der Waals surface area contributed by atoms with Crippen LogP contribution in [0, 0.1) is 0 Å². The number of anilines is 2. The molecule has 0 aliphatic heterocycles. The normalized spacial score (nSPS) is 10.5. The van der Waals surface area contributed by atoms with Crippen molar-refractivity contribution in [1.29, 1.82) is 0 Å². The molecule has 0 aliphatic rings. The van der Waals surface area contributed by atoms with Gasteiger partial charge in [0.25, 0.3) is 0 Å². The summed E-state index contributed by atoms with van der Waals surface area (Å²) in [5.41, 5.74) is 37.8. The Hall–Kier alpha value is -8.26. The van der Waals surface area contributed by atoms with E-state index in [-0.39, 0.29) is 85.5 Å². The number of hydrogen-bond donors (Lipinski definition) is 9. The van der Waals surface area contributed by atoms with Crippen molar-refractivity contribution >= 4 is 88.0 Å². The van der Waals surface area contributed by atoms with Gasteiger partial charge in [-0.2, -0.15) is 10.2 Å². The molecule has 0 saturated heterocycles. The molecule has 16 N–H and O–H groups in total. The zero-order valence-electron chi connectivity index (χ0n) is 45.6. The first-order chi connectivity index (χ1) is 36.8. The number of guanidine groups is 3. The van der Waals surface area contributed by atoms with Gasteiger partial charge in [0.15, 0.2) is 11.6 Å². The summed E-state index contributed by atoms with van der Waals surface area (Å²) in [5, 5.41) is 24.2. The first-order valence-electron chi connectivity index (χ1n) is 25.8. The van der Waals surface area contributed by atoms with Crippen LogP contribution in [0.1, 0.15) is 181 Å². The molecule has 4 aromatic carbocycles. The largest absolute Gasteiger partial charge is 0.369 e. The summed E-state index contributed by atoms with van der Waals surface area (Å²) in [6, 6.07) is 29.6. The minimum Gasteiger partial charge on any atom is -0.369 e. The number of benzene rings is 4. The number of carbonyl (C=O) groups excluding carboxylic acids is 6. The molecule has 21 heteroatoms. The van der Waals surface area contributed by atoms with E-state index in [4.69, 9.17) is 34.4 Å². The number of rotatable bonds is 30. The van der Waals surface area contributed by atoms with Crippen LogP contribution in [0.4, 0.5) is 11.4 Å². The van der Waals surface area contributed by atoms with Crippen molar-refractivity contribution in [3.8, 4) is 0 Å². The van der Waals surface area contributed by atoms with Gasteiger partial charge in [0.2, 0.25) is 29.7 Å². The average molecular weight is 1110 g/mol. The molecule has 0 atom stereocenters. The van der Waals surface area contributed by atoms with E-state index in [2.05, 4.69) is 42.0 Å². The van der Waals surface area contributed by atoms with E-state index in [0.717, 1.165) is 111 Å². The number of nitrogens with one attached hydrogen (secondary N) is 2. The number of ketones is 4. The van der Waals surface area contributed by atoms with Crippen molar-refractivity contribution in [3.63, 3.8) is 0 Å². The van der Waals surface area contributed by atoms with Crippen molar-refractivity contribution in [2.75, 3.05) is 10.6 Å². The van der Waals surface area contributed by atoms with E-state index in [1.807, 2.05) is 78.9 Å². The molecule has 0 radical (unpaired) electrons. The Kier molecular flexibility index (Phi) is 36.6. The highest BCUT2D eigenvalue weighted by molar-refractivity contribution is 6.05. The van der Waals surface area contributed by atoms with E-state index in [1.54, 1.807) is 32.0 Å². The third-order valence-electron chi connectivity index (χ3n) is 11.6. The van der Waals surface area contributed by atoms with Gasteiger partial charge in [-0.25, -0.2) is 0 Å². The molecule has 0 fully saturated rings.